The van der Waals surface area contributed by atoms with Gasteiger partial charge >= 0.3 is 6.18 Å². The standard InChI is InChI=1S/C6H4F3NO/c7-6(8,9)4-1-2-5(11)10-3-4/h1-3H,(H,10,11)/i1D,2D,3D. The summed E-state index contributed by atoms with van der Waals surface area (Å²) in [7, 11) is 0. The van der Waals surface area contributed by atoms with Crippen LogP contribution in [0.2, 0.25) is 0 Å². The third-order valence-corrected chi connectivity index (χ3v) is 0.886. The predicted octanol–water partition coefficient (Wildman–Crippen LogP) is 1.39. The van der Waals surface area contributed by atoms with Gasteiger partial charge in [0.1, 0.15) is 0 Å². The lowest BCUT2D eigenvalue weighted by molar-refractivity contribution is -0.137. The highest BCUT2D eigenvalue weighted by Gasteiger charge is 2.30. The van der Waals surface area contributed by atoms with E-state index in [1.165, 1.54) is 4.98 Å². The molecule has 0 aliphatic rings. The lowest BCUT2D eigenvalue weighted by Gasteiger charge is -2.03. The first-order valence-electron chi connectivity index (χ1n) is 4.02. The number of pyridine rings is 1. The Hall–Kier alpha value is -1.26. The van der Waals surface area contributed by atoms with E-state index in [0.29, 0.717) is 0 Å². The van der Waals surface area contributed by atoms with Gasteiger partial charge in [-0.25, -0.2) is 0 Å². The largest absolute Gasteiger partial charge is 0.417 e. The first-order chi connectivity index (χ1) is 6.25. The second-order valence-electron chi connectivity index (χ2n) is 1.70. The number of alkyl halides is 3. The molecule has 0 bridgehead atoms. The molecule has 1 N–H and O–H groups in total. The van der Waals surface area contributed by atoms with Crippen molar-refractivity contribution >= 4 is 0 Å². The van der Waals surface area contributed by atoms with Crippen LogP contribution in [0.5, 0.6) is 0 Å². The van der Waals surface area contributed by atoms with Gasteiger partial charge in [-0.05, 0) is 6.04 Å². The molecule has 2 nitrogen and oxygen atoms in total. The maximum Gasteiger partial charge on any atom is 0.417 e. The number of halogens is 3. The highest BCUT2D eigenvalue weighted by atomic mass is 19.4. The zero-order valence-corrected chi connectivity index (χ0v) is 5.04. The van der Waals surface area contributed by atoms with Crippen molar-refractivity contribution in [3.63, 3.8) is 0 Å². The molecule has 1 heterocycles. The summed E-state index contributed by atoms with van der Waals surface area (Å²) in [6.45, 7) is 0. The number of rotatable bonds is 0. The molecule has 0 saturated carbocycles. The number of hydrogen-bond donors (Lipinski definition) is 1. The first-order valence-corrected chi connectivity index (χ1v) is 2.52. The molecule has 11 heavy (non-hydrogen) atoms. The Morgan fingerprint density at radius 3 is 2.64 bits per heavy atom. The molecule has 0 aliphatic carbocycles. The average molecular weight is 166 g/mol. The molecule has 0 aromatic carbocycles. The van der Waals surface area contributed by atoms with Crippen molar-refractivity contribution in [3.05, 3.63) is 34.2 Å². The van der Waals surface area contributed by atoms with Crippen molar-refractivity contribution < 1.29 is 17.3 Å². The summed E-state index contributed by atoms with van der Waals surface area (Å²) in [6.07, 6.45) is -6.10. The van der Waals surface area contributed by atoms with Crippen LogP contribution in [-0.4, -0.2) is 4.98 Å². The van der Waals surface area contributed by atoms with Gasteiger partial charge in [0, 0.05) is 12.2 Å². The van der Waals surface area contributed by atoms with E-state index in [0.717, 1.165) is 0 Å². The lowest BCUT2D eigenvalue weighted by Crippen LogP contribution is -2.10. The second kappa shape index (κ2) is 2.41. The molecular formula is C6H4F3NO. The van der Waals surface area contributed by atoms with Crippen LogP contribution in [0.15, 0.2) is 23.1 Å². The molecule has 1 aromatic heterocycles. The van der Waals surface area contributed by atoms with Crippen LogP contribution in [0.1, 0.15) is 9.68 Å². The maximum atomic E-state index is 12.2. The van der Waals surface area contributed by atoms with Gasteiger partial charge in [-0.1, -0.05) is 0 Å². The Labute approximate surface area is 63.9 Å². The Morgan fingerprint density at radius 2 is 2.09 bits per heavy atom. The third kappa shape index (κ3) is 1.83. The molecule has 0 atom stereocenters. The van der Waals surface area contributed by atoms with E-state index in [9.17, 15) is 18.0 Å². The Kier molecular flexibility index (Phi) is 1.00. The molecule has 60 valence electrons. The Morgan fingerprint density at radius 1 is 1.45 bits per heavy atom. The predicted molar refractivity (Wildman–Crippen MR) is 32.1 cm³/mol. The van der Waals surface area contributed by atoms with E-state index in [1.807, 2.05) is 0 Å². The minimum atomic E-state index is -4.91. The summed E-state index contributed by atoms with van der Waals surface area (Å²) in [5.74, 6) is 0. The topological polar surface area (TPSA) is 32.9 Å². The van der Waals surface area contributed by atoms with Gasteiger partial charge in [-0.2, -0.15) is 13.2 Å². The zero-order valence-electron chi connectivity index (χ0n) is 8.04. The van der Waals surface area contributed by atoms with Crippen molar-refractivity contribution in [2.45, 2.75) is 6.18 Å². The molecule has 1 rings (SSSR count). The van der Waals surface area contributed by atoms with Gasteiger partial charge in [0.15, 0.2) is 0 Å². The number of H-pyrrole nitrogens is 1. The number of aromatic nitrogens is 1. The van der Waals surface area contributed by atoms with Crippen LogP contribution in [0.4, 0.5) is 13.2 Å². The zero-order chi connectivity index (χ0) is 11.1. The first kappa shape index (κ1) is 4.58. The molecule has 0 unspecified atom stereocenters. The van der Waals surface area contributed by atoms with E-state index in [2.05, 4.69) is 0 Å². The quantitative estimate of drug-likeness (QED) is 0.620. The van der Waals surface area contributed by atoms with Gasteiger partial charge in [-0.3, -0.25) is 4.79 Å². The smallest absolute Gasteiger partial charge is 0.329 e. The van der Waals surface area contributed by atoms with Crippen molar-refractivity contribution in [2.24, 2.45) is 0 Å². The SMILES string of the molecule is [2H]c1[nH]c(=O)c([2H])c([2H])c1C(F)(F)F. The van der Waals surface area contributed by atoms with Gasteiger partial charge < -0.3 is 4.98 Å². The summed E-state index contributed by atoms with van der Waals surface area (Å²) in [4.78, 5) is 12.2. The fourth-order valence-corrected chi connectivity index (χ4v) is 0.443. The molecular weight excluding hydrogens is 159 g/mol. The van der Waals surface area contributed by atoms with Crippen LogP contribution in [0.25, 0.3) is 0 Å². The van der Waals surface area contributed by atoms with Crippen LogP contribution < -0.4 is 5.56 Å². The molecule has 0 radical (unpaired) electrons. The number of nitrogens with one attached hydrogen (secondary N) is 1. The average Bonchev–Trinajstić information content (AvgIpc) is 1.97. The summed E-state index contributed by atoms with van der Waals surface area (Å²) in [5, 5.41) is 0. The van der Waals surface area contributed by atoms with Crippen LogP contribution in [0, 0.1) is 0 Å². The molecule has 1 aromatic rings. The number of hydrogen-bond acceptors (Lipinski definition) is 1. The van der Waals surface area contributed by atoms with Gasteiger partial charge in [0.25, 0.3) is 0 Å². The van der Waals surface area contributed by atoms with Crippen molar-refractivity contribution in [2.75, 3.05) is 0 Å². The van der Waals surface area contributed by atoms with Gasteiger partial charge in [0.2, 0.25) is 5.56 Å². The summed E-state index contributed by atoms with van der Waals surface area (Å²) in [5.41, 5.74) is -2.77. The summed E-state index contributed by atoms with van der Waals surface area (Å²) in [6, 6.07) is -2.36. The highest BCUT2D eigenvalue weighted by Crippen LogP contribution is 2.27. The molecule has 0 aliphatic heterocycles. The third-order valence-electron chi connectivity index (χ3n) is 0.886. The lowest BCUT2D eigenvalue weighted by atomic mass is 10.3. The van der Waals surface area contributed by atoms with Crippen molar-refractivity contribution in [3.8, 4) is 0 Å². The normalized spacial score (nSPS) is 15.4. The minimum absolute atomic E-state index is 1.09. The Bertz CT molecular complexity index is 426. The monoisotopic (exact) mass is 166 g/mol. The second-order valence-corrected chi connectivity index (χ2v) is 1.70. The van der Waals surface area contributed by atoms with E-state index in [-0.39, 0.29) is 0 Å². The fraction of sp³-hybridized carbons (Fsp3) is 0.167. The maximum absolute atomic E-state index is 12.2. The van der Waals surface area contributed by atoms with E-state index < -0.39 is 35.6 Å². The van der Waals surface area contributed by atoms with E-state index >= 15 is 0 Å². The summed E-state index contributed by atoms with van der Waals surface area (Å²) < 4.78 is 57.1. The molecule has 0 amide bonds. The van der Waals surface area contributed by atoms with Gasteiger partial charge in [0.05, 0.1) is 9.68 Å². The van der Waals surface area contributed by atoms with Crippen LogP contribution >= 0.6 is 0 Å². The van der Waals surface area contributed by atoms with E-state index in [1.54, 1.807) is 0 Å². The molecule has 0 saturated heterocycles. The van der Waals surface area contributed by atoms with Crippen LogP contribution in [-0.2, 0) is 6.18 Å². The molecule has 0 fully saturated rings. The van der Waals surface area contributed by atoms with E-state index in [4.69, 9.17) is 4.11 Å². The molecule has 0 spiro atoms. The minimum Gasteiger partial charge on any atom is -0.329 e. The fourth-order valence-electron chi connectivity index (χ4n) is 0.443. The summed E-state index contributed by atoms with van der Waals surface area (Å²) >= 11 is 0. The Balaban J connectivity index is 3.61. The van der Waals surface area contributed by atoms with Gasteiger partial charge in [-0.15, -0.1) is 0 Å². The number of aromatic amines is 1. The van der Waals surface area contributed by atoms with Crippen LogP contribution in [0.3, 0.4) is 0 Å². The van der Waals surface area contributed by atoms with Crippen molar-refractivity contribution in [1.82, 2.24) is 4.98 Å². The highest BCUT2D eigenvalue weighted by molar-refractivity contribution is 5.11. The van der Waals surface area contributed by atoms with Crippen molar-refractivity contribution in [1.29, 1.82) is 0 Å². The molecule has 5 heteroatoms.